The first kappa shape index (κ1) is 21.2. The summed E-state index contributed by atoms with van der Waals surface area (Å²) in [6.07, 6.45) is 8.70. The third-order valence-electron chi connectivity index (χ3n) is 3.31. The molecule has 0 aromatic heterocycles. The SMILES string of the molecule is CN[C@@H](C)C(=O)N[C@@H](CCCCN)C(=O)OCCS(C)(C)C. The number of carbonyl (C=O) groups is 2. The predicted molar refractivity (Wildman–Crippen MR) is 94.5 cm³/mol. The van der Waals surface area contributed by atoms with Gasteiger partial charge in [0.1, 0.15) is 6.04 Å². The van der Waals surface area contributed by atoms with E-state index in [9.17, 15) is 9.59 Å². The Kier molecular flexibility index (Phi) is 10.5. The first-order valence-corrected chi connectivity index (χ1v) is 10.7. The third kappa shape index (κ3) is 10.0. The van der Waals surface area contributed by atoms with Gasteiger partial charge in [-0.1, -0.05) is 0 Å². The van der Waals surface area contributed by atoms with Crippen LogP contribution in [0.2, 0.25) is 0 Å². The minimum absolute atomic E-state index is 0.196. The summed E-state index contributed by atoms with van der Waals surface area (Å²) in [5, 5.41) is 5.62. The molecule has 0 spiro atoms. The number of unbranched alkanes of at least 4 members (excludes halogenated alkanes) is 1. The molecule has 0 fully saturated rings. The van der Waals surface area contributed by atoms with Gasteiger partial charge in [-0.2, -0.15) is 0 Å². The van der Waals surface area contributed by atoms with Crippen LogP contribution in [0.5, 0.6) is 0 Å². The number of esters is 1. The van der Waals surface area contributed by atoms with Gasteiger partial charge in [0.25, 0.3) is 0 Å². The number of ether oxygens (including phenoxy) is 1. The zero-order valence-electron chi connectivity index (χ0n) is 14.6. The van der Waals surface area contributed by atoms with Gasteiger partial charge in [-0.25, -0.2) is 14.8 Å². The fourth-order valence-electron chi connectivity index (χ4n) is 1.66. The largest absolute Gasteiger partial charge is 0.463 e. The Morgan fingerprint density at radius 2 is 1.86 bits per heavy atom. The van der Waals surface area contributed by atoms with Crippen LogP contribution in [0.4, 0.5) is 0 Å². The molecule has 0 aromatic carbocycles. The number of nitrogens with one attached hydrogen (secondary N) is 2. The molecule has 0 bridgehead atoms. The molecule has 0 rings (SSSR count). The van der Waals surface area contributed by atoms with Crippen LogP contribution in [0.1, 0.15) is 26.2 Å². The molecule has 0 aliphatic rings. The van der Waals surface area contributed by atoms with Crippen LogP contribution in [0.25, 0.3) is 0 Å². The third-order valence-corrected chi connectivity index (χ3v) is 4.71. The molecule has 7 heteroatoms. The highest BCUT2D eigenvalue weighted by atomic mass is 32.3. The maximum atomic E-state index is 12.2. The van der Waals surface area contributed by atoms with Crippen molar-refractivity contribution in [2.24, 2.45) is 5.73 Å². The van der Waals surface area contributed by atoms with Crippen molar-refractivity contribution in [2.45, 2.75) is 38.3 Å². The van der Waals surface area contributed by atoms with Crippen LogP contribution in [-0.2, 0) is 14.3 Å². The van der Waals surface area contributed by atoms with Crippen molar-refractivity contribution in [1.82, 2.24) is 10.6 Å². The lowest BCUT2D eigenvalue weighted by atomic mass is 10.1. The maximum absolute atomic E-state index is 12.2. The normalized spacial score (nSPS) is 15.0. The van der Waals surface area contributed by atoms with E-state index in [1.807, 2.05) is 0 Å². The molecule has 132 valence electrons. The topological polar surface area (TPSA) is 93.5 Å². The molecule has 0 saturated carbocycles. The van der Waals surface area contributed by atoms with Gasteiger partial charge >= 0.3 is 5.97 Å². The number of likely N-dealkylation sites (N-methyl/N-ethyl adjacent to an activating group) is 1. The second kappa shape index (κ2) is 10.9. The Labute approximate surface area is 136 Å². The highest BCUT2D eigenvalue weighted by Crippen LogP contribution is 2.33. The lowest BCUT2D eigenvalue weighted by Crippen LogP contribution is -2.48. The van der Waals surface area contributed by atoms with Gasteiger partial charge < -0.3 is 21.1 Å². The summed E-state index contributed by atoms with van der Waals surface area (Å²) >= 11 is 0. The van der Waals surface area contributed by atoms with Crippen LogP contribution in [-0.4, -0.2) is 68.7 Å². The number of carbonyl (C=O) groups excluding carboxylic acids is 2. The molecule has 0 saturated heterocycles. The van der Waals surface area contributed by atoms with E-state index in [2.05, 4.69) is 29.4 Å². The van der Waals surface area contributed by atoms with Gasteiger partial charge in [0, 0.05) is 5.75 Å². The van der Waals surface area contributed by atoms with Gasteiger partial charge in [-0.05, 0) is 58.5 Å². The van der Waals surface area contributed by atoms with Gasteiger partial charge in [-0.15, -0.1) is 0 Å². The van der Waals surface area contributed by atoms with Gasteiger partial charge in [0.05, 0.1) is 12.6 Å². The molecule has 0 aliphatic heterocycles. The van der Waals surface area contributed by atoms with E-state index >= 15 is 0 Å². The van der Waals surface area contributed by atoms with Crippen molar-refractivity contribution < 1.29 is 14.3 Å². The summed E-state index contributed by atoms with van der Waals surface area (Å²) in [6.45, 7) is 2.74. The van der Waals surface area contributed by atoms with Crippen LogP contribution in [0.15, 0.2) is 0 Å². The van der Waals surface area contributed by atoms with Crippen molar-refractivity contribution >= 4 is 21.9 Å². The fraction of sp³-hybridized carbons (Fsp3) is 0.867. The number of hydrogen-bond donors (Lipinski definition) is 3. The van der Waals surface area contributed by atoms with E-state index in [4.69, 9.17) is 10.5 Å². The number of hydrogen-bond acceptors (Lipinski definition) is 5. The van der Waals surface area contributed by atoms with Crippen LogP contribution in [0, 0.1) is 0 Å². The Hall–Kier alpha value is -0.790. The number of rotatable bonds is 11. The first-order chi connectivity index (χ1) is 10.2. The molecule has 0 unspecified atom stereocenters. The quantitative estimate of drug-likeness (QED) is 0.376. The summed E-state index contributed by atoms with van der Waals surface area (Å²) < 4.78 is 5.34. The minimum Gasteiger partial charge on any atom is -0.463 e. The highest BCUT2D eigenvalue weighted by Gasteiger charge is 2.24. The summed E-state index contributed by atoms with van der Waals surface area (Å²) in [5.74, 6) is 0.325. The molecule has 0 radical (unpaired) electrons. The molecule has 4 N–H and O–H groups in total. The summed E-state index contributed by atoms with van der Waals surface area (Å²) in [5.41, 5.74) is 5.48. The molecule has 6 nitrogen and oxygen atoms in total. The van der Waals surface area contributed by atoms with Crippen molar-refractivity contribution in [3.63, 3.8) is 0 Å². The lowest BCUT2D eigenvalue weighted by Gasteiger charge is -2.25. The maximum Gasteiger partial charge on any atom is 0.328 e. The van der Waals surface area contributed by atoms with E-state index < -0.39 is 16.1 Å². The Balaban J connectivity index is 4.49. The summed E-state index contributed by atoms with van der Waals surface area (Å²) in [7, 11) is 1.01. The zero-order chi connectivity index (χ0) is 17.2. The zero-order valence-corrected chi connectivity index (χ0v) is 15.4. The van der Waals surface area contributed by atoms with E-state index in [0.717, 1.165) is 18.6 Å². The first-order valence-electron chi connectivity index (χ1n) is 7.71. The fourth-order valence-corrected chi connectivity index (χ4v) is 2.25. The smallest absolute Gasteiger partial charge is 0.328 e. The second-order valence-corrected chi connectivity index (χ2v) is 10.9. The number of amides is 1. The van der Waals surface area contributed by atoms with Crippen LogP contribution in [0.3, 0.4) is 0 Å². The van der Waals surface area contributed by atoms with Crippen LogP contribution < -0.4 is 16.4 Å². The predicted octanol–water partition coefficient (Wildman–Crippen LogP) is 0.445. The Bertz CT molecular complexity index is 345. The van der Waals surface area contributed by atoms with Crippen LogP contribution >= 0.6 is 10.0 Å². The van der Waals surface area contributed by atoms with Crippen molar-refractivity contribution in [1.29, 1.82) is 0 Å². The molecule has 0 heterocycles. The molecule has 0 aliphatic carbocycles. The Morgan fingerprint density at radius 3 is 2.36 bits per heavy atom. The van der Waals surface area contributed by atoms with Crippen molar-refractivity contribution in [3.8, 4) is 0 Å². The minimum atomic E-state index is -0.698. The Morgan fingerprint density at radius 1 is 1.23 bits per heavy atom. The van der Waals surface area contributed by atoms with E-state index in [1.54, 1.807) is 14.0 Å². The summed E-state index contributed by atoms with van der Waals surface area (Å²) in [6, 6.07) is -0.936. The monoisotopic (exact) mass is 335 g/mol. The number of nitrogens with two attached hydrogens (primary N) is 1. The van der Waals surface area contributed by atoms with Gasteiger partial charge in [0.2, 0.25) is 5.91 Å². The average Bonchev–Trinajstić information content (AvgIpc) is 2.43. The average molecular weight is 336 g/mol. The van der Waals surface area contributed by atoms with Gasteiger partial charge in [-0.3, -0.25) is 4.79 Å². The van der Waals surface area contributed by atoms with E-state index in [1.165, 1.54) is 0 Å². The molecular weight excluding hydrogens is 302 g/mol. The summed E-state index contributed by atoms with van der Waals surface area (Å²) in [4.78, 5) is 24.1. The second-order valence-electron chi connectivity index (χ2n) is 6.32. The molecular formula is C15H33N3O3S. The standard InChI is InChI=1S/C15H33N3O3S/c1-12(17-2)14(19)18-13(8-6-7-9-16)15(20)21-10-11-22(3,4)5/h12-13,17H,6-11,16H2,1-5H3,(H,18,19)/t12-,13-/m0/s1. The lowest BCUT2D eigenvalue weighted by molar-refractivity contribution is -0.147. The van der Waals surface area contributed by atoms with E-state index in [-0.39, 0.29) is 17.9 Å². The molecule has 2 atom stereocenters. The van der Waals surface area contributed by atoms with Gasteiger partial charge in [0.15, 0.2) is 0 Å². The molecule has 1 amide bonds. The molecule has 0 aromatic rings. The highest BCUT2D eigenvalue weighted by molar-refractivity contribution is 8.32. The van der Waals surface area contributed by atoms with Crippen molar-refractivity contribution in [3.05, 3.63) is 0 Å². The van der Waals surface area contributed by atoms with E-state index in [0.29, 0.717) is 19.6 Å². The molecule has 22 heavy (non-hydrogen) atoms. The van der Waals surface area contributed by atoms with Crippen molar-refractivity contribution in [2.75, 3.05) is 44.7 Å².